The predicted octanol–water partition coefficient (Wildman–Crippen LogP) is 2.40. The normalized spacial score (nSPS) is 10.3. The molecule has 3 nitrogen and oxygen atoms in total. The zero-order valence-corrected chi connectivity index (χ0v) is 10.2. The molecule has 0 fully saturated rings. The first-order valence-electron chi connectivity index (χ1n) is 5.73. The van der Waals surface area contributed by atoms with Crippen molar-refractivity contribution in [3.63, 3.8) is 0 Å². The molecular formula is C15H15NO2. The van der Waals surface area contributed by atoms with Crippen molar-refractivity contribution in [2.24, 2.45) is 5.73 Å². The zero-order valence-electron chi connectivity index (χ0n) is 10.2. The molecule has 1 amide bonds. The first-order chi connectivity index (χ1) is 8.56. The maximum absolute atomic E-state index is 10.9. The molecule has 3 N–H and O–H groups in total. The van der Waals surface area contributed by atoms with Gasteiger partial charge >= 0.3 is 0 Å². The maximum atomic E-state index is 10.9. The van der Waals surface area contributed by atoms with Crippen molar-refractivity contribution >= 4 is 5.91 Å². The number of carbonyl (C=O) groups excluding carboxylic acids is 1. The lowest BCUT2D eigenvalue weighted by Crippen LogP contribution is -2.13. The molecule has 92 valence electrons. The van der Waals surface area contributed by atoms with Crippen LogP contribution in [0.2, 0.25) is 0 Å². The van der Waals surface area contributed by atoms with Crippen LogP contribution in [-0.2, 0) is 11.2 Å². The lowest BCUT2D eigenvalue weighted by molar-refractivity contribution is -0.117. The molecule has 0 spiro atoms. The summed E-state index contributed by atoms with van der Waals surface area (Å²) in [5.41, 5.74) is 8.77. The Labute approximate surface area is 106 Å². The number of phenols is 1. The van der Waals surface area contributed by atoms with E-state index in [1.807, 2.05) is 31.2 Å². The molecule has 0 saturated carbocycles. The smallest absolute Gasteiger partial charge is 0.221 e. The van der Waals surface area contributed by atoms with Gasteiger partial charge in [0.05, 0.1) is 6.42 Å². The Morgan fingerprint density at radius 2 is 1.83 bits per heavy atom. The van der Waals surface area contributed by atoms with E-state index in [9.17, 15) is 9.90 Å². The highest BCUT2D eigenvalue weighted by Gasteiger charge is 2.07. The Morgan fingerprint density at radius 1 is 1.17 bits per heavy atom. The number of aromatic hydroxyl groups is 1. The van der Waals surface area contributed by atoms with Gasteiger partial charge in [0.1, 0.15) is 5.75 Å². The molecule has 0 aliphatic heterocycles. The summed E-state index contributed by atoms with van der Waals surface area (Å²) in [6.07, 6.45) is 0.180. The molecule has 0 radical (unpaired) electrons. The fourth-order valence-electron chi connectivity index (χ4n) is 1.86. The molecule has 0 aliphatic carbocycles. The van der Waals surface area contributed by atoms with E-state index in [1.165, 1.54) is 0 Å². The van der Waals surface area contributed by atoms with E-state index < -0.39 is 0 Å². The summed E-state index contributed by atoms with van der Waals surface area (Å²) in [6.45, 7) is 2.01. The Hall–Kier alpha value is -2.29. The highest BCUT2D eigenvalue weighted by Crippen LogP contribution is 2.30. The molecular weight excluding hydrogens is 226 g/mol. The third-order valence-electron chi connectivity index (χ3n) is 2.80. The van der Waals surface area contributed by atoms with Gasteiger partial charge in [0.25, 0.3) is 0 Å². The molecule has 2 rings (SSSR count). The fourth-order valence-corrected chi connectivity index (χ4v) is 1.86. The van der Waals surface area contributed by atoms with E-state index in [4.69, 9.17) is 5.73 Å². The molecule has 0 bridgehead atoms. The zero-order chi connectivity index (χ0) is 13.1. The summed E-state index contributed by atoms with van der Waals surface area (Å²) < 4.78 is 0. The Bertz CT molecular complexity index is 574. The molecule has 0 aromatic heterocycles. The first-order valence-corrected chi connectivity index (χ1v) is 5.73. The third kappa shape index (κ3) is 2.69. The average Bonchev–Trinajstić information content (AvgIpc) is 2.32. The Balaban J connectivity index is 2.42. The van der Waals surface area contributed by atoms with Gasteiger partial charge in [-0.1, -0.05) is 35.9 Å². The van der Waals surface area contributed by atoms with Gasteiger partial charge in [-0.25, -0.2) is 0 Å². The van der Waals surface area contributed by atoms with E-state index in [2.05, 4.69) is 0 Å². The molecule has 0 unspecified atom stereocenters. The minimum Gasteiger partial charge on any atom is -0.507 e. The van der Waals surface area contributed by atoms with Crippen LogP contribution >= 0.6 is 0 Å². The second kappa shape index (κ2) is 4.92. The highest BCUT2D eigenvalue weighted by molar-refractivity contribution is 5.78. The van der Waals surface area contributed by atoms with Crippen LogP contribution in [0.25, 0.3) is 11.1 Å². The van der Waals surface area contributed by atoms with Crippen molar-refractivity contribution in [1.29, 1.82) is 0 Å². The van der Waals surface area contributed by atoms with E-state index >= 15 is 0 Å². The van der Waals surface area contributed by atoms with Gasteiger partial charge in [0.2, 0.25) is 5.91 Å². The number of primary amides is 1. The fraction of sp³-hybridized carbons (Fsp3) is 0.133. The van der Waals surface area contributed by atoms with Crippen LogP contribution in [-0.4, -0.2) is 11.0 Å². The number of aryl methyl sites for hydroxylation is 1. The van der Waals surface area contributed by atoms with Crippen molar-refractivity contribution in [3.8, 4) is 16.9 Å². The summed E-state index contributed by atoms with van der Waals surface area (Å²) in [5, 5.41) is 9.88. The van der Waals surface area contributed by atoms with E-state index in [0.29, 0.717) is 5.56 Å². The van der Waals surface area contributed by atoms with Crippen LogP contribution in [0.15, 0.2) is 42.5 Å². The number of nitrogens with two attached hydrogens (primary N) is 1. The highest BCUT2D eigenvalue weighted by atomic mass is 16.3. The second-order valence-electron chi connectivity index (χ2n) is 4.36. The van der Waals surface area contributed by atoms with Crippen molar-refractivity contribution in [3.05, 3.63) is 53.6 Å². The van der Waals surface area contributed by atoms with Gasteiger partial charge in [-0.2, -0.15) is 0 Å². The molecule has 2 aromatic rings. The summed E-state index contributed by atoms with van der Waals surface area (Å²) >= 11 is 0. The molecule has 0 saturated heterocycles. The second-order valence-corrected chi connectivity index (χ2v) is 4.36. The maximum Gasteiger partial charge on any atom is 0.221 e. The van der Waals surface area contributed by atoms with E-state index in [1.54, 1.807) is 18.2 Å². The first kappa shape index (κ1) is 12.2. The molecule has 2 aromatic carbocycles. The van der Waals surface area contributed by atoms with Gasteiger partial charge in [-0.15, -0.1) is 0 Å². The Morgan fingerprint density at radius 3 is 2.44 bits per heavy atom. The van der Waals surface area contributed by atoms with E-state index in [-0.39, 0.29) is 18.1 Å². The van der Waals surface area contributed by atoms with Crippen LogP contribution < -0.4 is 5.73 Å². The van der Waals surface area contributed by atoms with Gasteiger partial charge < -0.3 is 10.8 Å². The van der Waals surface area contributed by atoms with Crippen molar-refractivity contribution in [1.82, 2.24) is 0 Å². The molecule has 0 heterocycles. The van der Waals surface area contributed by atoms with Gasteiger partial charge in [0, 0.05) is 5.56 Å². The van der Waals surface area contributed by atoms with Crippen molar-refractivity contribution < 1.29 is 9.90 Å². The van der Waals surface area contributed by atoms with Crippen LogP contribution in [0, 0.1) is 6.92 Å². The van der Waals surface area contributed by atoms with Crippen molar-refractivity contribution in [2.45, 2.75) is 13.3 Å². The minimum atomic E-state index is -0.379. The summed E-state index contributed by atoms with van der Waals surface area (Å²) in [7, 11) is 0. The summed E-state index contributed by atoms with van der Waals surface area (Å²) in [4.78, 5) is 10.9. The number of rotatable bonds is 3. The number of benzene rings is 2. The number of carbonyl (C=O) groups is 1. The number of phenolic OH excluding ortho intramolecular Hbond substituents is 1. The lowest BCUT2D eigenvalue weighted by atomic mass is 10.00. The average molecular weight is 241 g/mol. The topological polar surface area (TPSA) is 63.3 Å². The van der Waals surface area contributed by atoms with Crippen LogP contribution in [0.4, 0.5) is 0 Å². The van der Waals surface area contributed by atoms with Crippen LogP contribution in [0.3, 0.4) is 0 Å². The number of hydrogen-bond acceptors (Lipinski definition) is 2. The summed E-state index contributed by atoms with van der Waals surface area (Å²) in [6, 6.07) is 12.9. The largest absolute Gasteiger partial charge is 0.507 e. The minimum absolute atomic E-state index is 0.180. The lowest BCUT2D eigenvalue weighted by Gasteiger charge is -2.07. The molecule has 18 heavy (non-hydrogen) atoms. The van der Waals surface area contributed by atoms with Crippen molar-refractivity contribution in [2.75, 3.05) is 0 Å². The van der Waals surface area contributed by atoms with Crippen LogP contribution in [0.1, 0.15) is 11.1 Å². The molecule has 3 heteroatoms. The third-order valence-corrected chi connectivity index (χ3v) is 2.80. The van der Waals surface area contributed by atoms with E-state index in [0.717, 1.165) is 16.7 Å². The molecule has 0 aliphatic rings. The number of amides is 1. The molecule has 0 atom stereocenters. The van der Waals surface area contributed by atoms with Gasteiger partial charge in [0.15, 0.2) is 0 Å². The van der Waals surface area contributed by atoms with Crippen LogP contribution in [0.5, 0.6) is 5.75 Å². The number of hydrogen-bond donors (Lipinski definition) is 2. The standard InChI is InChI=1S/C15H15NO2/c1-10-2-5-12(6-3-10)13-8-11(9-15(16)18)4-7-14(13)17/h2-8,17H,9H2,1H3,(H2,16,18). The SMILES string of the molecule is Cc1ccc(-c2cc(CC(N)=O)ccc2O)cc1. The predicted molar refractivity (Wildman–Crippen MR) is 71.2 cm³/mol. The van der Waals surface area contributed by atoms with Gasteiger partial charge in [-0.05, 0) is 30.2 Å². The summed E-state index contributed by atoms with van der Waals surface area (Å²) in [5.74, 6) is -0.178. The quantitative estimate of drug-likeness (QED) is 0.866. The monoisotopic (exact) mass is 241 g/mol. The Kier molecular flexibility index (Phi) is 3.33. The van der Waals surface area contributed by atoms with Gasteiger partial charge in [-0.3, -0.25) is 4.79 Å².